The zero-order valence-electron chi connectivity index (χ0n) is 16.3. The Balaban J connectivity index is 1.80. The summed E-state index contributed by atoms with van der Waals surface area (Å²) in [5, 5.41) is 3.09. The molecule has 0 aliphatic carbocycles. The van der Waals surface area contributed by atoms with Crippen LogP contribution >= 0.6 is 0 Å². The number of carbonyl (C=O) groups excluding carboxylic acids is 1. The predicted molar refractivity (Wildman–Crippen MR) is 115 cm³/mol. The molecule has 1 atom stereocenters. The van der Waals surface area contributed by atoms with Gasteiger partial charge in [-0.2, -0.15) is 0 Å². The van der Waals surface area contributed by atoms with Gasteiger partial charge in [0.15, 0.2) is 0 Å². The molecule has 0 aromatic heterocycles. The molecule has 1 amide bonds. The number of ether oxygens (including phenoxy) is 1. The first-order valence-electron chi connectivity index (χ1n) is 9.41. The molecule has 0 heterocycles. The van der Waals surface area contributed by atoms with Crippen molar-refractivity contribution < 1.29 is 9.53 Å². The largest absolute Gasteiger partial charge is 0.497 e. The summed E-state index contributed by atoms with van der Waals surface area (Å²) < 4.78 is 5.21. The van der Waals surface area contributed by atoms with E-state index in [0.717, 1.165) is 16.9 Å². The average molecular weight is 371 g/mol. The first-order chi connectivity index (χ1) is 13.7. The van der Waals surface area contributed by atoms with E-state index in [2.05, 4.69) is 24.4 Å². The van der Waals surface area contributed by atoms with Crippen molar-refractivity contribution in [1.82, 2.24) is 5.32 Å². The Hall–Kier alpha value is -3.33. The van der Waals surface area contributed by atoms with E-state index >= 15 is 0 Å². The summed E-state index contributed by atoms with van der Waals surface area (Å²) in [5.74, 6) is 0.951. The Morgan fingerprint density at radius 3 is 2.14 bits per heavy atom. The molecule has 3 rings (SSSR count). The van der Waals surface area contributed by atoms with Crippen molar-refractivity contribution in [1.29, 1.82) is 0 Å². The number of amides is 1. The third kappa shape index (κ3) is 5.10. The van der Waals surface area contributed by atoms with Gasteiger partial charge in [0.2, 0.25) is 0 Å². The van der Waals surface area contributed by atoms with Crippen LogP contribution in [-0.2, 0) is 4.79 Å². The highest BCUT2D eigenvalue weighted by Crippen LogP contribution is 2.21. The Morgan fingerprint density at radius 2 is 1.54 bits per heavy atom. The lowest BCUT2D eigenvalue weighted by molar-refractivity contribution is -0.115. The summed E-state index contributed by atoms with van der Waals surface area (Å²) in [5.41, 5.74) is 3.70. The standard InChI is InChI=1S/C25H25NO2/c1-19(21-9-5-3-6-10-21)18-26-25(27)24(22-11-7-4-8-12-22)17-20-13-15-23(28-2)16-14-20/h3-17,19H,18H2,1-2H3,(H,26,27)/b24-17+. The van der Waals surface area contributed by atoms with Crippen molar-refractivity contribution in [2.24, 2.45) is 0 Å². The van der Waals surface area contributed by atoms with Gasteiger partial charge >= 0.3 is 0 Å². The summed E-state index contributed by atoms with van der Waals surface area (Å²) in [6.07, 6.45) is 1.91. The Bertz CT molecular complexity index is 916. The smallest absolute Gasteiger partial charge is 0.251 e. The second-order valence-corrected chi connectivity index (χ2v) is 6.72. The van der Waals surface area contributed by atoms with Crippen LogP contribution in [0.5, 0.6) is 5.75 Å². The Morgan fingerprint density at radius 1 is 0.929 bits per heavy atom. The van der Waals surface area contributed by atoms with Crippen LogP contribution in [0.25, 0.3) is 11.6 Å². The van der Waals surface area contributed by atoms with Gasteiger partial charge in [-0.25, -0.2) is 0 Å². The van der Waals surface area contributed by atoms with Crippen LogP contribution in [0.1, 0.15) is 29.5 Å². The maximum absolute atomic E-state index is 13.0. The number of nitrogens with one attached hydrogen (secondary N) is 1. The van der Waals surface area contributed by atoms with E-state index in [0.29, 0.717) is 12.1 Å². The minimum absolute atomic E-state index is 0.0789. The van der Waals surface area contributed by atoms with Crippen molar-refractivity contribution in [3.05, 3.63) is 102 Å². The minimum atomic E-state index is -0.0789. The first-order valence-corrected chi connectivity index (χ1v) is 9.41. The second-order valence-electron chi connectivity index (χ2n) is 6.72. The SMILES string of the molecule is COc1ccc(/C=C(/C(=O)NCC(C)c2ccccc2)c2ccccc2)cc1. The summed E-state index contributed by atoms with van der Waals surface area (Å²) >= 11 is 0. The van der Waals surface area contributed by atoms with E-state index in [1.165, 1.54) is 5.56 Å². The van der Waals surface area contributed by atoms with Gasteiger partial charge in [0.05, 0.1) is 7.11 Å². The zero-order valence-corrected chi connectivity index (χ0v) is 16.3. The number of methoxy groups -OCH3 is 1. The average Bonchev–Trinajstić information content (AvgIpc) is 2.77. The molecule has 3 aromatic carbocycles. The van der Waals surface area contributed by atoms with Crippen molar-refractivity contribution >= 4 is 17.6 Å². The van der Waals surface area contributed by atoms with E-state index in [1.54, 1.807) is 7.11 Å². The summed E-state index contributed by atoms with van der Waals surface area (Å²) in [6, 6.07) is 27.6. The van der Waals surface area contributed by atoms with Gasteiger partial charge in [-0.1, -0.05) is 79.7 Å². The number of rotatable bonds is 7. The van der Waals surface area contributed by atoms with Crippen LogP contribution in [-0.4, -0.2) is 19.6 Å². The van der Waals surface area contributed by atoms with Crippen molar-refractivity contribution in [3.8, 4) is 5.75 Å². The van der Waals surface area contributed by atoms with Gasteiger partial charge < -0.3 is 10.1 Å². The minimum Gasteiger partial charge on any atom is -0.497 e. The monoisotopic (exact) mass is 371 g/mol. The molecule has 0 spiro atoms. The van der Waals surface area contributed by atoms with Gasteiger partial charge in [0.25, 0.3) is 5.91 Å². The molecule has 142 valence electrons. The molecular weight excluding hydrogens is 346 g/mol. The molecule has 3 nitrogen and oxygen atoms in total. The van der Waals surface area contributed by atoms with Crippen LogP contribution in [0.3, 0.4) is 0 Å². The van der Waals surface area contributed by atoms with E-state index in [9.17, 15) is 4.79 Å². The highest BCUT2D eigenvalue weighted by molar-refractivity contribution is 6.24. The quantitative estimate of drug-likeness (QED) is 0.460. The number of benzene rings is 3. The zero-order chi connectivity index (χ0) is 19.8. The Labute approximate surface area is 166 Å². The molecule has 28 heavy (non-hydrogen) atoms. The van der Waals surface area contributed by atoms with Crippen LogP contribution in [0.2, 0.25) is 0 Å². The molecule has 0 saturated carbocycles. The maximum Gasteiger partial charge on any atom is 0.251 e. The second kappa shape index (κ2) is 9.56. The van der Waals surface area contributed by atoms with Gasteiger partial charge in [0, 0.05) is 12.1 Å². The summed E-state index contributed by atoms with van der Waals surface area (Å²) in [6.45, 7) is 2.70. The highest BCUT2D eigenvalue weighted by Gasteiger charge is 2.14. The van der Waals surface area contributed by atoms with Crippen molar-refractivity contribution in [3.63, 3.8) is 0 Å². The van der Waals surface area contributed by atoms with Crippen LogP contribution in [0.4, 0.5) is 0 Å². The lowest BCUT2D eigenvalue weighted by atomic mass is 9.99. The van der Waals surface area contributed by atoms with E-state index in [4.69, 9.17) is 4.74 Å². The number of hydrogen-bond acceptors (Lipinski definition) is 2. The fourth-order valence-corrected chi connectivity index (χ4v) is 3.00. The molecule has 0 aliphatic heterocycles. The van der Waals surface area contributed by atoms with Gasteiger partial charge in [-0.05, 0) is 40.8 Å². The van der Waals surface area contributed by atoms with Crippen molar-refractivity contribution in [2.75, 3.05) is 13.7 Å². The molecule has 0 fully saturated rings. The van der Waals surface area contributed by atoms with Crippen LogP contribution in [0.15, 0.2) is 84.9 Å². The van der Waals surface area contributed by atoms with E-state index < -0.39 is 0 Å². The van der Waals surface area contributed by atoms with E-state index in [1.807, 2.05) is 78.9 Å². The normalized spacial score (nSPS) is 12.3. The topological polar surface area (TPSA) is 38.3 Å². The lowest BCUT2D eigenvalue weighted by Crippen LogP contribution is -2.28. The molecule has 0 aliphatic rings. The maximum atomic E-state index is 13.0. The molecule has 0 saturated heterocycles. The third-order valence-corrected chi connectivity index (χ3v) is 4.69. The van der Waals surface area contributed by atoms with Crippen molar-refractivity contribution in [2.45, 2.75) is 12.8 Å². The molecule has 1 N–H and O–H groups in total. The van der Waals surface area contributed by atoms with Crippen LogP contribution < -0.4 is 10.1 Å². The van der Waals surface area contributed by atoms with Gasteiger partial charge in [-0.15, -0.1) is 0 Å². The molecule has 0 bridgehead atoms. The lowest BCUT2D eigenvalue weighted by Gasteiger charge is -2.15. The predicted octanol–water partition coefficient (Wildman–Crippen LogP) is 5.16. The molecule has 1 unspecified atom stereocenters. The molecular formula is C25H25NO2. The Kier molecular flexibility index (Phi) is 6.64. The fraction of sp³-hybridized carbons (Fsp3) is 0.160. The van der Waals surface area contributed by atoms with E-state index in [-0.39, 0.29) is 11.8 Å². The molecule has 3 heteroatoms. The summed E-state index contributed by atoms with van der Waals surface area (Å²) in [7, 11) is 1.64. The van der Waals surface area contributed by atoms with Gasteiger partial charge in [-0.3, -0.25) is 4.79 Å². The highest BCUT2D eigenvalue weighted by atomic mass is 16.5. The van der Waals surface area contributed by atoms with Crippen LogP contribution in [0, 0.1) is 0 Å². The third-order valence-electron chi connectivity index (χ3n) is 4.69. The number of carbonyl (C=O) groups is 1. The number of hydrogen-bond donors (Lipinski definition) is 1. The molecule has 3 aromatic rings. The fourth-order valence-electron chi connectivity index (χ4n) is 3.00. The molecule has 0 radical (unpaired) electrons. The summed E-state index contributed by atoms with van der Waals surface area (Å²) in [4.78, 5) is 13.0. The van der Waals surface area contributed by atoms with Gasteiger partial charge in [0.1, 0.15) is 5.75 Å². The first kappa shape index (κ1) is 19.4.